The van der Waals surface area contributed by atoms with Crippen molar-refractivity contribution in [2.45, 2.75) is 13.0 Å². The quantitative estimate of drug-likeness (QED) is 0.821. The summed E-state index contributed by atoms with van der Waals surface area (Å²) in [6, 6.07) is 3.37. The Bertz CT molecular complexity index is 371. The van der Waals surface area contributed by atoms with Crippen LogP contribution >= 0.6 is 11.6 Å². The number of likely N-dealkylation sites (N-methyl/N-ethyl adjacent to an activating group) is 1. The minimum Gasteiger partial charge on any atom is -0.495 e. The second-order valence-electron chi connectivity index (χ2n) is 3.53. The summed E-state index contributed by atoms with van der Waals surface area (Å²) in [4.78, 5) is 0. The topological polar surface area (TPSA) is 50.7 Å². The fourth-order valence-corrected chi connectivity index (χ4v) is 1.80. The Morgan fingerprint density at radius 2 is 2.12 bits per heavy atom. The van der Waals surface area contributed by atoms with E-state index in [2.05, 4.69) is 5.32 Å². The lowest BCUT2D eigenvalue weighted by molar-refractivity contribution is 0.171. The fraction of sp³-hybridized carbons (Fsp3) is 0.500. The first kappa shape index (κ1) is 14.1. The molecule has 0 amide bonds. The summed E-state index contributed by atoms with van der Waals surface area (Å²) < 4.78 is 10.6. The zero-order valence-corrected chi connectivity index (χ0v) is 11.0. The Morgan fingerprint density at radius 1 is 1.41 bits per heavy atom. The molecule has 0 fully saturated rings. The number of aliphatic hydroxyl groups is 1. The highest BCUT2D eigenvalue weighted by Crippen LogP contribution is 2.35. The normalized spacial score (nSPS) is 12.3. The molecule has 0 radical (unpaired) electrons. The third-order valence-corrected chi connectivity index (χ3v) is 2.64. The predicted octanol–water partition coefficient (Wildman–Crippen LogP) is 2.00. The second-order valence-corrected chi connectivity index (χ2v) is 3.94. The Morgan fingerprint density at radius 3 is 2.65 bits per heavy atom. The van der Waals surface area contributed by atoms with Crippen LogP contribution in [0.3, 0.4) is 0 Å². The van der Waals surface area contributed by atoms with Crippen molar-refractivity contribution < 1.29 is 14.6 Å². The molecule has 0 aliphatic heterocycles. The number of aliphatic hydroxyl groups excluding tert-OH is 1. The van der Waals surface area contributed by atoms with Gasteiger partial charge >= 0.3 is 0 Å². The van der Waals surface area contributed by atoms with Gasteiger partial charge in [0.05, 0.1) is 24.8 Å². The minimum atomic E-state index is -0.662. The Hall–Kier alpha value is -0.970. The van der Waals surface area contributed by atoms with Crippen LogP contribution in [0.15, 0.2) is 12.1 Å². The molecular formula is C12H18ClNO3. The van der Waals surface area contributed by atoms with E-state index in [0.717, 1.165) is 0 Å². The van der Waals surface area contributed by atoms with Gasteiger partial charge in [-0.1, -0.05) is 11.6 Å². The van der Waals surface area contributed by atoms with Crippen molar-refractivity contribution in [1.82, 2.24) is 5.32 Å². The molecule has 0 bridgehead atoms. The van der Waals surface area contributed by atoms with E-state index in [9.17, 15) is 5.11 Å². The molecule has 4 nitrogen and oxygen atoms in total. The largest absolute Gasteiger partial charge is 0.495 e. The SMILES string of the molecule is CCOc1cc(OC)c(Cl)cc1C(O)CNC. The van der Waals surface area contributed by atoms with Crippen LogP contribution in [0, 0.1) is 0 Å². The molecule has 17 heavy (non-hydrogen) atoms. The molecule has 0 aliphatic carbocycles. The molecule has 0 heterocycles. The van der Waals surface area contributed by atoms with Crippen molar-refractivity contribution in [3.63, 3.8) is 0 Å². The molecule has 1 rings (SSSR count). The fourth-order valence-electron chi connectivity index (χ4n) is 1.55. The number of hydrogen-bond donors (Lipinski definition) is 2. The van der Waals surface area contributed by atoms with Crippen LogP contribution in [-0.4, -0.2) is 32.4 Å². The van der Waals surface area contributed by atoms with Crippen LogP contribution in [-0.2, 0) is 0 Å². The molecule has 0 saturated heterocycles. The lowest BCUT2D eigenvalue weighted by Gasteiger charge is -2.17. The highest BCUT2D eigenvalue weighted by Gasteiger charge is 2.16. The molecule has 1 aromatic carbocycles. The molecule has 96 valence electrons. The van der Waals surface area contributed by atoms with E-state index < -0.39 is 6.10 Å². The van der Waals surface area contributed by atoms with E-state index in [-0.39, 0.29) is 0 Å². The zero-order chi connectivity index (χ0) is 12.8. The first-order valence-corrected chi connectivity index (χ1v) is 5.84. The van der Waals surface area contributed by atoms with E-state index in [1.807, 2.05) is 6.92 Å². The monoisotopic (exact) mass is 259 g/mol. The first-order chi connectivity index (χ1) is 8.13. The summed E-state index contributed by atoms with van der Waals surface area (Å²) in [5, 5.41) is 13.3. The Labute approximate surface area is 106 Å². The van der Waals surface area contributed by atoms with Gasteiger partial charge in [-0.15, -0.1) is 0 Å². The molecule has 2 N–H and O–H groups in total. The molecular weight excluding hydrogens is 242 g/mol. The number of methoxy groups -OCH3 is 1. The van der Waals surface area contributed by atoms with E-state index in [1.54, 1.807) is 26.3 Å². The summed E-state index contributed by atoms with van der Waals surface area (Å²) in [6.07, 6.45) is -0.662. The number of rotatable bonds is 6. The lowest BCUT2D eigenvalue weighted by atomic mass is 10.1. The predicted molar refractivity (Wildman–Crippen MR) is 68.1 cm³/mol. The van der Waals surface area contributed by atoms with Crippen molar-refractivity contribution in [2.75, 3.05) is 27.3 Å². The van der Waals surface area contributed by atoms with Gasteiger partial charge in [0.2, 0.25) is 0 Å². The molecule has 0 aliphatic rings. The summed E-state index contributed by atoms with van der Waals surface area (Å²) in [5.41, 5.74) is 0.659. The number of nitrogens with one attached hydrogen (secondary N) is 1. The average molecular weight is 260 g/mol. The number of ether oxygens (including phenoxy) is 2. The molecule has 1 unspecified atom stereocenters. The van der Waals surface area contributed by atoms with Gasteiger partial charge in [0.25, 0.3) is 0 Å². The van der Waals surface area contributed by atoms with E-state index in [4.69, 9.17) is 21.1 Å². The zero-order valence-electron chi connectivity index (χ0n) is 10.3. The van der Waals surface area contributed by atoms with Crippen molar-refractivity contribution in [3.05, 3.63) is 22.7 Å². The van der Waals surface area contributed by atoms with Crippen LogP contribution < -0.4 is 14.8 Å². The van der Waals surface area contributed by atoms with Gasteiger partial charge in [-0.25, -0.2) is 0 Å². The average Bonchev–Trinajstić information content (AvgIpc) is 2.31. The minimum absolute atomic E-state index is 0.433. The van der Waals surface area contributed by atoms with E-state index in [0.29, 0.717) is 35.2 Å². The molecule has 0 saturated carbocycles. The van der Waals surface area contributed by atoms with Crippen molar-refractivity contribution in [2.24, 2.45) is 0 Å². The maximum Gasteiger partial charge on any atom is 0.141 e. The smallest absolute Gasteiger partial charge is 0.141 e. The molecule has 0 aromatic heterocycles. The van der Waals surface area contributed by atoms with Gasteiger partial charge in [-0.2, -0.15) is 0 Å². The van der Waals surface area contributed by atoms with Crippen LogP contribution in [0.2, 0.25) is 5.02 Å². The summed E-state index contributed by atoms with van der Waals surface area (Å²) >= 11 is 6.03. The van der Waals surface area contributed by atoms with Gasteiger partial charge in [0, 0.05) is 18.2 Å². The van der Waals surface area contributed by atoms with Crippen molar-refractivity contribution >= 4 is 11.6 Å². The van der Waals surface area contributed by atoms with Crippen molar-refractivity contribution in [1.29, 1.82) is 0 Å². The third-order valence-electron chi connectivity index (χ3n) is 2.34. The standard InChI is InChI=1S/C12H18ClNO3/c1-4-17-11-6-12(16-3)9(13)5-8(11)10(15)7-14-2/h5-6,10,14-15H,4,7H2,1-3H3. The molecule has 1 atom stereocenters. The summed E-state index contributed by atoms with van der Waals surface area (Å²) in [5.74, 6) is 1.13. The Balaban J connectivity index is 3.12. The van der Waals surface area contributed by atoms with Crippen molar-refractivity contribution in [3.8, 4) is 11.5 Å². The lowest BCUT2D eigenvalue weighted by Crippen LogP contribution is -2.17. The summed E-state index contributed by atoms with van der Waals surface area (Å²) in [7, 11) is 3.31. The third kappa shape index (κ3) is 3.49. The van der Waals surface area contributed by atoms with Crippen LogP contribution in [0.1, 0.15) is 18.6 Å². The van der Waals surface area contributed by atoms with Crippen LogP contribution in [0.25, 0.3) is 0 Å². The maximum atomic E-state index is 9.97. The Kier molecular flexibility index (Phi) is 5.55. The number of hydrogen-bond acceptors (Lipinski definition) is 4. The number of halogens is 1. The molecule has 0 spiro atoms. The molecule has 1 aromatic rings. The van der Waals surface area contributed by atoms with Gasteiger partial charge < -0.3 is 19.9 Å². The highest BCUT2D eigenvalue weighted by atomic mass is 35.5. The van der Waals surface area contributed by atoms with Crippen LogP contribution in [0.5, 0.6) is 11.5 Å². The molecule has 5 heteroatoms. The number of benzene rings is 1. The summed E-state index contributed by atoms with van der Waals surface area (Å²) in [6.45, 7) is 2.84. The van der Waals surface area contributed by atoms with Gasteiger partial charge in [-0.3, -0.25) is 0 Å². The van der Waals surface area contributed by atoms with Gasteiger partial charge in [0.1, 0.15) is 11.5 Å². The maximum absolute atomic E-state index is 9.97. The van der Waals surface area contributed by atoms with Gasteiger partial charge in [0.15, 0.2) is 0 Å². The second kappa shape index (κ2) is 6.69. The van der Waals surface area contributed by atoms with Gasteiger partial charge in [-0.05, 0) is 20.0 Å². The van der Waals surface area contributed by atoms with Crippen LogP contribution in [0.4, 0.5) is 0 Å². The van der Waals surface area contributed by atoms with E-state index in [1.165, 1.54) is 0 Å². The van der Waals surface area contributed by atoms with E-state index >= 15 is 0 Å². The highest BCUT2D eigenvalue weighted by molar-refractivity contribution is 6.32. The first-order valence-electron chi connectivity index (χ1n) is 5.46.